The smallest absolute Gasteiger partial charge is 0.319 e. The van der Waals surface area contributed by atoms with E-state index in [0.29, 0.717) is 6.54 Å². The van der Waals surface area contributed by atoms with Crippen molar-refractivity contribution in [2.45, 2.75) is 32.7 Å². The largest absolute Gasteiger partial charge is 0.331 e. The first-order chi connectivity index (χ1) is 9.86. The molecule has 2 aromatic rings. The van der Waals surface area contributed by atoms with Crippen molar-refractivity contribution in [3.8, 4) is 0 Å². The van der Waals surface area contributed by atoms with Gasteiger partial charge in [0.1, 0.15) is 5.01 Å². The van der Waals surface area contributed by atoms with E-state index in [1.807, 2.05) is 5.38 Å². The molecule has 2 aromatic heterocycles. The Kier molecular flexibility index (Phi) is 4.52. The van der Waals surface area contributed by atoms with E-state index in [0.717, 1.165) is 10.7 Å². The maximum atomic E-state index is 13.3. The third kappa shape index (κ3) is 4.22. The predicted octanol–water partition coefficient (Wildman–Crippen LogP) is 3.30. The van der Waals surface area contributed by atoms with E-state index in [2.05, 4.69) is 41.4 Å². The van der Waals surface area contributed by atoms with Crippen molar-refractivity contribution in [2.75, 3.05) is 5.32 Å². The Morgan fingerprint density at radius 3 is 2.81 bits per heavy atom. The van der Waals surface area contributed by atoms with Crippen LogP contribution < -0.4 is 10.6 Å². The van der Waals surface area contributed by atoms with Crippen LogP contribution in [0, 0.1) is 5.95 Å². The number of thiazole rings is 1. The predicted molar refractivity (Wildman–Crippen MR) is 80.9 cm³/mol. The van der Waals surface area contributed by atoms with Crippen molar-refractivity contribution in [2.24, 2.45) is 0 Å². The van der Waals surface area contributed by atoms with Crippen LogP contribution in [0.25, 0.3) is 0 Å². The number of nitrogens with zero attached hydrogens (tertiary/aromatic N) is 2. The molecule has 0 saturated carbocycles. The fourth-order valence-electron chi connectivity index (χ4n) is 1.54. The zero-order valence-electron chi connectivity index (χ0n) is 12.1. The average molecular weight is 308 g/mol. The molecular formula is C14H17FN4OS. The van der Waals surface area contributed by atoms with Crippen molar-refractivity contribution in [1.29, 1.82) is 0 Å². The van der Waals surface area contributed by atoms with Gasteiger partial charge in [0.15, 0.2) is 0 Å². The quantitative estimate of drug-likeness (QED) is 0.855. The molecule has 2 rings (SSSR count). The highest BCUT2D eigenvalue weighted by Gasteiger charge is 2.17. The molecule has 2 N–H and O–H groups in total. The number of aromatic nitrogens is 2. The van der Waals surface area contributed by atoms with Gasteiger partial charge in [0.25, 0.3) is 0 Å². The number of nitrogens with one attached hydrogen (secondary N) is 2. The zero-order chi connectivity index (χ0) is 15.5. The monoisotopic (exact) mass is 308 g/mol. The number of carbonyl (C=O) groups excluding carboxylic acids is 1. The minimum Gasteiger partial charge on any atom is -0.331 e. The van der Waals surface area contributed by atoms with E-state index in [4.69, 9.17) is 0 Å². The number of anilines is 1. The Hall–Kier alpha value is -2.02. The van der Waals surface area contributed by atoms with Gasteiger partial charge in [-0.1, -0.05) is 20.8 Å². The summed E-state index contributed by atoms with van der Waals surface area (Å²) in [7, 11) is 0. The number of hydrogen-bond donors (Lipinski definition) is 2. The first kappa shape index (κ1) is 15.4. The SMILES string of the molecule is CC(C)(C)c1csc(CNC(=O)Nc2cccnc2F)n1. The molecule has 0 spiro atoms. The van der Waals surface area contributed by atoms with E-state index < -0.39 is 12.0 Å². The molecule has 0 atom stereocenters. The first-order valence-electron chi connectivity index (χ1n) is 6.46. The minimum absolute atomic E-state index is 0.0180. The Morgan fingerprint density at radius 1 is 1.43 bits per heavy atom. The van der Waals surface area contributed by atoms with Crippen molar-refractivity contribution in [3.63, 3.8) is 0 Å². The molecule has 112 valence electrons. The van der Waals surface area contributed by atoms with Gasteiger partial charge < -0.3 is 10.6 Å². The highest BCUT2D eigenvalue weighted by Crippen LogP contribution is 2.23. The summed E-state index contributed by atoms with van der Waals surface area (Å²) in [6, 6.07) is 2.51. The lowest BCUT2D eigenvalue weighted by Crippen LogP contribution is -2.28. The summed E-state index contributed by atoms with van der Waals surface area (Å²) >= 11 is 1.49. The van der Waals surface area contributed by atoms with Crippen LogP contribution in [0.4, 0.5) is 14.9 Å². The normalized spacial score (nSPS) is 11.2. The molecule has 2 amide bonds. The summed E-state index contributed by atoms with van der Waals surface area (Å²) in [5.41, 5.74) is 1.02. The molecule has 0 aliphatic rings. The van der Waals surface area contributed by atoms with Crippen LogP contribution in [0.1, 0.15) is 31.5 Å². The second-order valence-corrected chi connectivity index (χ2v) is 6.47. The summed E-state index contributed by atoms with van der Waals surface area (Å²) in [6.07, 6.45) is 1.32. The van der Waals surface area contributed by atoms with E-state index in [-0.39, 0.29) is 11.1 Å². The summed E-state index contributed by atoms with van der Waals surface area (Å²) in [5, 5.41) is 7.84. The van der Waals surface area contributed by atoms with Crippen molar-refractivity contribution < 1.29 is 9.18 Å². The van der Waals surface area contributed by atoms with Gasteiger partial charge >= 0.3 is 6.03 Å². The van der Waals surface area contributed by atoms with E-state index in [1.165, 1.54) is 23.6 Å². The van der Waals surface area contributed by atoms with Gasteiger partial charge in [-0.25, -0.2) is 14.8 Å². The molecule has 7 heteroatoms. The summed E-state index contributed by atoms with van der Waals surface area (Å²) in [4.78, 5) is 19.6. The van der Waals surface area contributed by atoms with Crippen LogP contribution in [-0.2, 0) is 12.0 Å². The lowest BCUT2D eigenvalue weighted by atomic mass is 9.93. The average Bonchev–Trinajstić information content (AvgIpc) is 2.88. The van der Waals surface area contributed by atoms with Crippen LogP contribution >= 0.6 is 11.3 Å². The van der Waals surface area contributed by atoms with Crippen LogP contribution in [0.15, 0.2) is 23.7 Å². The van der Waals surface area contributed by atoms with Gasteiger partial charge in [-0.05, 0) is 12.1 Å². The van der Waals surface area contributed by atoms with E-state index in [1.54, 1.807) is 6.07 Å². The Labute approximate surface area is 126 Å². The van der Waals surface area contributed by atoms with Crippen molar-refractivity contribution in [3.05, 3.63) is 40.4 Å². The van der Waals surface area contributed by atoms with Crippen LogP contribution in [0.2, 0.25) is 0 Å². The molecule has 0 aromatic carbocycles. The Bertz CT molecular complexity index is 636. The number of halogens is 1. The van der Waals surface area contributed by atoms with Crippen molar-refractivity contribution in [1.82, 2.24) is 15.3 Å². The maximum Gasteiger partial charge on any atom is 0.319 e. The molecule has 0 unspecified atom stereocenters. The zero-order valence-corrected chi connectivity index (χ0v) is 12.9. The minimum atomic E-state index is -0.711. The summed E-state index contributed by atoms with van der Waals surface area (Å²) < 4.78 is 13.3. The Morgan fingerprint density at radius 2 is 2.19 bits per heavy atom. The molecular weight excluding hydrogens is 291 g/mol. The van der Waals surface area contributed by atoms with Crippen LogP contribution in [-0.4, -0.2) is 16.0 Å². The van der Waals surface area contributed by atoms with Gasteiger partial charge in [-0.3, -0.25) is 0 Å². The molecule has 0 radical (unpaired) electrons. The highest BCUT2D eigenvalue weighted by atomic mass is 32.1. The summed E-state index contributed by atoms with van der Waals surface area (Å²) in [5.74, 6) is -0.711. The highest BCUT2D eigenvalue weighted by molar-refractivity contribution is 7.09. The number of hydrogen-bond acceptors (Lipinski definition) is 4. The van der Waals surface area contributed by atoms with Gasteiger partial charge in [-0.15, -0.1) is 11.3 Å². The topological polar surface area (TPSA) is 66.9 Å². The van der Waals surface area contributed by atoms with Gasteiger partial charge in [0.2, 0.25) is 5.95 Å². The standard InChI is InChI=1S/C14H17FN4OS/c1-14(2,3)10-8-21-11(19-10)7-17-13(20)18-9-5-4-6-16-12(9)15/h4-6,8H,7H2,1-3H3,(H2,17,18,20). The summed E-state index contributed by atoms with van der Waals surface area (Å²) in [6.45, 7) is 6.54. The Balaban J connectivity index is 1.90. The number of amides is 2. The fraction of sp³-hybridized carbons (Fsp3) is 0.357. The second-order valence-electron chi connectivity index (χ2n) is 5.53. The molecule has 5 nitrogen and oxygen atoms in total. The molecule has 0 aliphatic heterocycles. The van der Waals surface area contributed by atoms with Gasteiger partial charge in [0, 0.05) is 17.0 Å². The van der Waals surface area contributed by atoms with Gasteiger partial charge in [-0.2, -0.15) is 4.39 Å². The number of rotatable bonds is 3. The first-order valence-corrected chi connectivity index (χ1v) is 7.34. The van der Waals surface area contributed by atoms with E-state index in [9.17, 15) is 9.18 Å². The van der Waals surface area contributed by atoms with Crippen LogP contribution in [0.3, 0.4) is 0 Å². The van der Waals surface area contributed by atoms with Gasteiger partial charge in [0.05, 0.1) is 17.9 Å². The van der Waals surface area contributed by atoms with Crippen LogP contribution in [0.5, 0.6) is 0 Å². The lowest BCUT2D eigenvalue weighted by Gasteiger charge is -2.14. The number of urea groups is 1. The molecule has 0 aliphatic carbocycles. The second kappa shape index (κ2) is 6.17. The molecule has 0 saturated heterocycles. The van der Waals surface area contributed by atoms with Crippen molar-refractivity contribution >= 4 is 23.1 Å². The third-order valence-corrected chi connectivity index (χ3v) is 3.58. The fourth-order valence-corrected chi connectivity index (χ4v) is 2.50. The third-order valence-electron chi connectivity index (χ3n) is 2.73. The molecule has 0 fully saturated rings. The maximum absolute atomic E-state index is 13.3. The number of pyridine rings is 1. The number of carbonyl (C=O) groups is 1. The molecule has 0 bridgehead atoms. The van der Waals surface area contributed by atoms with E-state index >= 15 is 0 Å². The molecule has 21 heavy (non-hydrogen) atoms. The molecule has 2 heterocycles. The lowest BCUT2D eigenvalue weighted by molar-refractivity contribution is 0.251.